The van der Waals surface area contributed by atoms with E-state index < -0.39 is 0 Å². The molecule has 1 atom stereocenters. The van der Waals surface area contributed by atoms with E-state index in [1.54, 1.807) is 0 Å². The first kappa shape index (κ1) is 22.9. The number of para-hydroxylation sites is 1. The van der Waals surface area contributed by atoms with E-state index >= 15 is 0 Å². The lowest BCUT2D eigenvalue weighted by molar-refractivity contribution is -0.122. The first-order valence-electron chi connectivity index (χ1n) is 9.99. The summed E-state index contributed by atoms with van der Waals surface area (Å²) in [5.74, 6) is -0.191. The van der Waals surface area contributed by atoms with E-state index in [0.717, 1.165) is 27.9 Å². The summed E-state index contributed by atoms with van der Waals surface area (Å²) in [4.78, 5) is 24.7. The van der Waals surface area contributed by atoms with Crippen LogP contribution in [0, 0.1) is 13.8 Å². The average molecular weight is 453 g/mol. The summed E-state index contributed by atoms with van der Waals surface area (Å²) < 4.78 is 0. The number of carbonyl (C=O) groups is 2. The highest BCUT2D eigenvalue weighted by atomic mass is 35.5. The van der Waals surface area contributed by atoms with Crippen molar-refractivity contribution in [3.63, 3.8) is 0 Å². The lowest BCUT2D eigenvalue weighted by Crippen LogP contribution is -2.34. The van der Waals surface area contributed by atoms with Crippen molar-refractivity contribution in [2.45, 2.75) is 19.1 Å². The number of nitrogens with one attached hydrogen (secondary N) is 2. The Morgan fingerprint density at radius 3 is 2.10 bits per heavy atom. The highest BCUT2D eigenvalue weighted by Gasteiger charge is 2.17. The number of anilines is 1. The van der Waals surface area contributed by atoms with E-state index in [4.69, 9.17) is 11.6 Å². The first-order chi connectivity index (χ1) is 14.9. The van der Waals surface area contributed by atoms with Gasteiger partial charge in [-0.2, -0.15) is 0 Å². The Bertz CT molecular complexity index is 1020. The van der Waals surface area contributed by atoms with Gasteiger partial charge in [0.25, 0.3) is 0 Å². The number of hydrogen-bond donors (Lipinski definition) is 2. The first-order valence-corrected chi connectivity index (χ1v) is 11.4. The largest absolute Gasteiger partial charge is 0.346 e. The van der Waals surface area contributed by atoms with Crippen molar-refractivity contribution in [1.29, 1.82) is 0 Å². The highest BCUT2D eigenvalue weighted by Crippen LogP contribution is 2.35. The van der Waals surface area contributed by atoms with Crippen molar-refractivity contribution in [1.82, 2.24) is 5.32 Å². The van der Waals surface area contributed by atoms with Gasteiger partial charge in [0.2, 0.25) is 11.8 Å². The smallest absolute Gasteiger partial charge is 0.243 e. The lowest BCUT2D eigenvalue weighted by Gasteiger charge is -2.18. The van der Waals surface area contributed by atoms with Crippen LogP contribution < -0.4 is 10.6 Å². The molecular weight excluding hydrogens is 428 g/mol. The number of halogens is 1. The Hall–Kier alpha value is -2.76. The van der Waals surface area contributed by atoms with Crippen LogP contribution in [-0.4, -0.2) is 24.1 Å². The third-order valence-electron chi connectivity index (χ3n) is 4.85. The minimum absolute atomic E-state index is 0.00680. The predicted molar refractivity (Wildman–Crippen MR) is 130 cm³/mol. The topological polar surface area (TPSA) is 58.2 Å². The number of benzene rings is 3. The molecule has 3 rings (SSSR count). The van der Waals surface area contributed by atoms with Crippen molar-refractivity contribution in [3.8, 4) is 0 Å². The molecule has 0 bridgehead atoms. The Labute approximate surface area is 192 Å². The van der Waals surface area contributed by atoms with Crippen LogP contribution in [0.4, 0.5) is 5.69 Å². The quantitative estimate of drug-likeness (QED) is 0.472. The van der Waals surface area contributed by atoms with Gasteiger partial charge in [0.05, 0.1) is 17.5 Å². The molecule has 0 heterocycles. The summed E-state index contributed by atoms with van der Waals surface area (Å²) in [6.45, 7) is 3.82. The fourth-order valence-corrected chi connectivity index (χ4v) is 4.48. The molecule has 31 heavy (non-hydrogen) atoms. The molecule has 3 aromatic carbocycles. The summed E-state index contributed by atoms with van der Waals surface area (Å²) in [6, 6.07) is 23.5. The van der Waals surface area contributed by atoms with Crippen LogP contribution in [0.3, 0.4) is 0 Å². The molecule has 0 fully saturated rings. The van der Waals surface area contributed by atoms with Gasteiger partial charge in [-0.25, -0.2) is 0 Å². The van der Waals surface area contributed by atoms with Gasteiger partial charge < -0.3 is 10.6 Å². The second-order valence-corrected chi connectivity index (χ2v) is 8.77. The average Bonchev–Trinajstić information content (AvgIpc) is 2.77. The number of rotatable bonds is 8. The van der Waals surface area contributed by atoms with Crippen LogP contribution in [-0.2, 0) is 9.59 Å². The van der Waals surface area contributed by atoms with Gasteiger partial charge in [-0.3, -0.25) is 9.59 Å². The normalized spacial score (nSPS) is 11.6. The lowest BCUT2D eigenvalue weighted by atomic mass is 10.0. The molecule has 3 aromatic rings. The zero-order valence-corrected chi connectivity index (χ0v) is 19.1. The summed E-state index contributed by atoms with van der Waals surface area (Å²) in [5.41, 5.74) is 4.95. The molecule has 0 aromatic heterocycles. The Morgan fingerprint density at radius 2 is 1.45 bits per heavy atom. The van der Waals surface area contributed by atoms with Gasteiger partial charge in [0.1, 0.15) is 0 Å². The third-order valence-corrected chi connectivity index (χ3v) is 6.41. The molecule has 6 heteroatoms. The second kappa shape index (κ2) is 11.0. The molecule has 0 aliphatic heterocycles. The van der Waals surface area contributed by atoms with Gasteiger partial charge in [0.15, 0.2) is 0 Å². The van der Waals surface area contributed by atoms with Gasteiger partial charge in [-0.05, 0) is 48.2 Å². The third kappa shape index (κ3) is 6.61. The Kier molecular flexibility index (Phi) is 8.15. The molecule has 4 nitrogen and oxygen atoms in total. The molecular formula is C25H25ClN2O2S. The van der Waals surface area contributed by atoms with Crippen LogP contribution in [0.5, 0.6) is 0 Å². The molecule has 2 N–H and O–H groups in total. The van der Waals surface area contributed by atoms with Crippen molar-refractivity contribution < 1.29 is 9.59 Å². The predicted octanol–water partition coefficient (Wildman–Crippen LogP) is 5.53. The van der Waals surface area contributed by atoms with Crippen LogP contribution >= 0.6 is 23.4 Å². The molecule has 0 aliphatic rings. The van der Waals surface area contributed by atoms with Gasteiger partial charge >= 0.3 is 0 Å². The summed E-state index contributed by atoms with van der Waals surface area (Å²) in [5, 5.41) is 6.27. The van der Waals surface area contributed by atoms with Crippen LogP contribution in [0.1, 0.15) is 27.5 Å². The summed E-state index contributed by atoms with van der Waals surface area (Å²) in [7, 11) is 0. The standard InChI is InChI=1S/C25H25ClN2O2S/c1-17-7-6-8-18(2)24(17)28-22(29)15-27-23(30)16-31-25(19-9-4-3-5-10-19)20-11-13-21(26)14-12-20/h3-14,25H,15-16H2,1-2H3,(H,27,30)(H,28,29). The van der Waals surface area contributed by atoms with E-state index in [-0.39, 0.29) is 29.4 Å². The van der Waals surface area contributed by atoms with E-state index in [1.165, 1.54) is 11.8 Å². The van der Waals surface area contributed by atoms with Crippen molar-refractivity contribution in [2.24, 2.45) is 0 Å². The van der Waals surface area contributed by atoms with E-state index in [9.17, 15) is 9.59 Å². The zero-order valence-electron chi connectivity index (χ0n) is 17.5. The van der Waals surface area contributed by atoms with E-state index in [0.29, 0.717) is 5.02 Å². The number of amides is 2. The molecule has 160 valence electrons. The molecule has 0 saturated carbocycles. The maximum Gasteiger partial charge on any atom is 0.243 e. The fourth-order valence-electron chi connectivity index (χ4n) is 3.23. The summed E-state index contributed by atoms with van der Waals surface area (Å²) >= 11 is 7.54. The van der Waals surface area contributed by atoms with E-state index in [1.807, 2.05) is 86.6 Å². The van der Waals surface area contributed by atoms with Crippen LogP contribution in [0.25, 0.3) is 0 Å². The van der Waals surface area contributed by atoms with Crippen molar-refractivity contribution >= 4 is 40.9 Å². The van der Waals surface area contributed by atoms with Gasteiger partial charge in [-0.1, -0.05) is 72.3 Å². The zero-order chi connectivity index (χ0) is 22.2. The fraction of sp³-hybridized carbons (Fsp3) is 0.200. The second-order valence-electron chi connectivity index (χ2n) is 7.24. The highest BCUT2D eigenvalue weighted by molar-refractivity contribution is 8.00. The van der Waals surface area contributed by atoms with Crippen LogP contribution in [0.15, 0.2) is 72.8 Å². The number of thioether (sulfide) groups is 1. The molecule has 0 aliphatic carbocycles. The minimum Gasteiger partial charge on any atom is -0.346 e. The van der Waals surface area contributed by atoms with Crippen molar-refractivity contribution in [2.75, 3.05) is 17.6 Å². The molecule has 0 radical (unpaired) electrons. The van der Waals surface area contributed by atoms with Gasteiger partial charge in [-0.15, -0.1) is 11.8 Å². The van der Waals surface area contributed by atoms with Gasteiger partial charge in [0, 0.05) is 10.7 Å². The molecule has 2 amide bonds. The monoisotopic (exact) mass is 452 g/mol. The minimum atomic E-state index is -0.243. The van der Waals surface area contributed by atoms with Crippen molar-refractivity contribution in [3.05, 3.63) is 100 Å². The summed E-state index contributed by atoms with van der Waals surface area (Å²) in [6.07, 6.45) is 0. The molecule has 1 unspecified atom stereocenters. The maximum absolute atomic E-state index is 12.4. The van der Waals surface area contributed by atoms with Crippen LogP contribution in [0.2, 0.25) is 5.02 Å². The Morgan fingerprint density at radius 1 is 0.839 bits per heavy atom. The maximum atomic E-state index is 12.4. The Balaban J connectivity index is 1.57. The molecule has 0 spiro atoms. The SMILES string of the molecule is Cc1cccc(C)c1NC(=O)CNC(=O)CSC(c1ccccc1)c1ccc(Cl)cc1. The van der Waals surface area contributed by atoms with E-state index in [2.05, 4.69) is 10.6 Å². The molecule has 0 saturated heterocycles. The number of aryl methyl sites for hydroxylation is 2. The number of hydrogen-bond acceptors (Lipinski definition) is 3. The number of carbonyl (C=O) groups excluding carboxylic acids is 2.